The van der Waals surface area contributed by atoms with Crippen molar-refractivity contribution in [2.75, 3.05) is 5.75 Å². The highest BCUT2D eigenvalue weighted by molar-refractivity contribution is 7.86. The molecule has 0 aromatic carbocycles. The third-order valence-corrected chi connectivity index (χ3v) is 10.9. The van der Waals surface area contributed by atoms with Crippen molar-refractivity contribution in [2.45, 2.75) is 77.1 Å². The number of nitrogens with one attached hydrogen (secondary N) is 4. The predicted octanol–water partition coefficient (Wildman–Crippen LogP) is 3.97. The van der Waals surface area contributed by atoms with Crippen molar-refractivity contribution >= 4 is 54.4 Å². The van der Waals surface area contributed by atoms with Gasteiger partial charge in [0.05, 0.1) is 5.92 Å². The minimum Gasteiger partial charge on any atom is -0.495 e. The Hall–Kier alpha value is -3.51. The summed E-state index contributed by atoms with van der Waals surface area (Å²) in [7, 11) is 0. The number of aliphatic hydroxyl groups excluding tert-OH is 1. The number of aromatic amines is 1. The third kappa shape index (κ3) is 7.01. The van der Waals surface area contributed by atoms with E-state index in [1.165, 1.54) is 11.8 Å². The number of carbonyl (C=O) groups is 3. The average molecular weight is 656 g/mol. The number of carboxylic acids is 2. The Morgan fingerprint density at radius 2 is 1.71 bits per heavy atom. The molecule has 10 nitrogen and oxygen atoms in total. The van der Waals surface area contributed by atoms with E-state index in [0.717, 1.165) is 56.4 Å². The summed E-state index contributed by atoms with van der Waals surface area (Å²) < 4.78 is 0. The van der Waals surface area contributed by atoms with Gasteiger partial charge in [0.2, 0.25) is 5.91 Å². The van der Waals surface area contributed by atoms with E-state index >= 15 is 0 Å². The van der Waals surface area contributed by atoms with Crippen LogP contribution in [-0.4, -0.2) is 61.2 Å². The number of aromatic nitrogens is 1. The number of carbonyl (C=O) groups excluding carboxylic acids is 1. The normalized spacial score (nSPS) is 29.7. The SMILES string of the molecule is CC1=C(CCC(=O)O)/C(=C\c2[nH]c(/C=C3\NC(=O)[C@H](C)[C@H]3[C@@H]3C[SH+]3)c(C)c2CCC(=O)O)NC1C[C@H]1NC(O)=C(/C=C/S)C1C. The van der Waals surface area contributed by atoms with Gasteiger partial charge in [-0.1, -0.05) is 13.8 Å². The number of H-pyrrole nitrogens is 1. The van der Waals surface area contributed by atoms with Crippen molar-refractivity contribution in [3.63, 3.8) is 0 Å². The summed E-state index contributed by atoms with van der Waals surface area (Å²) >= 11 is 5.52. The molecule has 7 N–H and O–H groups in total. The molecule has 4 aliphatic rings. The van der Waals surface area contributed by atoms with Gasteiger partial charge >= 0.3 is 11.9 Å². The molecule has 0 radical (unpaired) electrons. The molecule has 6 atom stereocenters. The summed E-state index contributed by atoms with van der Waals surface area (Å²) in [6.07, 6.45) is 7.01. The standard InChI is InChI=1S/C33H42N4O6S2/c1-15-19(5-7-29(38)39)25(34-22(15)11-24-17(3)21(9-10-44)33(43)36-24)13-26-20(6-8-30(40)41)16(2)23(35-26)12-27-31(28-14-45-28)18(4)32(42)37-27/h9-10,12-13,17-18,22,24,28,31,34-36,43-44H,5-8,11,14H2,1-4H3,(H,37,42)(H,38,39)(H,40,41)/p+1/b10-9+,25-13+,27-12-/t17?,18-,22?,24-,28+,31-/m1/s1. The zero-order chi connectivity index (χ0) is 32.6. The van der Waals surface area contributed by atoms with Gasteiger partial charge in [-0.25, -0.2) is 0 Å². The first-order chi connectivity index (χ1) is 21.4. The second-order valence-corrected chi connectivity index (χ2v) is 14.2. The number of rotatable bonds is 12. The topological polar surface area (TPSA) is 164 Å². The molecule has 4 aliphatic heterocycles. The fraction of sp³-hybridized carbons (Fsp3) is 0.485. The van der Waals surface area contributed by atoms with Gasteiger partial charge in [0.25, 0.3) is 0 Å². The van der Waals surface area contributed by atoms with E-state index in [4.69, 9.17) is 0 Å². The van der Waals surface area contributed by atoms with Crippen LogP contribution in [0.3, 0.4) is 0 Å². The third-order valence-electron chi connectivity index (χ3n) is 9.69. The molecule has 0 spiro atoms. The molecule has 1 aromatic rings. The van der Waals surface area contributed by atoms with Crippen molar-refractivity contribution in [3.8, 4) is 0 Å². The van der Waals surface area contributed by atoms with Gasteiger partial charge in [0.1, 0.15) is 0 Å². The van der Waals surface area contributed by atoms with Crippen LogP contribution in [0.2, 0.25) is 0 Å². The maximum atomic E-state index is 12.6. The minimum absolute atomic E-state index is 0.0253. The Labute approximate surface area is 273 Å². The van der Waals surface area contributed by atoms with E-state index in [-0.39, 0.29) is 54.5 Å². The largest absolute Gasteiger partial charge is 0.495 e. The van der Waals surface area contributed by atoms with Crippen LogP contribution in [0, 0.1) is 24.7 Å². The molecule has 45 heavy (non-hydrogen) atoms. The van der Waals surface area contributed by atoms with E-state index in [9.17, 15) is 29.7 Å². The molecule has 0 saturated carbocycles. The lowest BCUT2D eigenvalue weighted by molar-refractivity contribution is -0.138. The molecule has 0 bridgehead atoms. The zero-order valence-corrected chi connectivity index (χ0v) is 27.8. The fourth-order valence-electron chi connectivity index (χ4n) is 6.91. The Morgan fingerprint density at radius 1 is 1.02 bits per heavy atom. The summed E-state index contributed by atoms with van der Waals surface area (Å²) in [5.74, 6) is -0.434. The number of amides is 1. The van der Waals surface area contributed by atoms with Crippen molar-refractivity contribution in [1.29, 1.82) is 0 Å². The molecule has 2 fully saturated rings. The summed E-state index contributed by atoms with van der Waals surface area (Å²) in [6, 6.07) is -0.141. The Kier molecular flexibility index (Phi) is 9.83. The Bertz CT molecular complexity index is 1550. The van der Waals surface area contributed by atoms with Crippen molar-refractivity contribution < 1.29 is 29.7 Å². The average Bonchev–Trinajstić information content (AvgIpc) is 3.56. The van der Waals surface area contributed by atoms with E-state index < -0.39 is 11.9 Å². The number of hydrogen-bond donors (Lipinski definition) is 8. The molecular formula is C33H43N4O6S2+. The predicted molar refractivity (Wildman–Crippen MR) is 181 cm³/mol. The smallest absolute Gasteiger partial charge is 0.303 e. The molecule has 0 aliphatic carbocycles. The number of aliphatic carboxylic acids is 2. The quantitative estimate of drug-likeness (QED) is 0.0953. The van der Waals surface area contributed by atoms with Crippen LogP contribution < -0.4 is 16.0 Å². The molecule has 1 aromatic heterocycles. The van der Waals surface area contributed by atoms with Crippen molar-refractivity contribution in [3.05, 3.63) is 68.0 Å². The summed E-state index contributed by atoms with van der Waals surface area (Å²) in [5.41, 5.74) is 7.83. The maximum Gasteiger partial charge on any atom is 0.303 e. The summed E-state index contributed by atoms with van der Waals surface area (Å²) in [5, 5.41) is 41.4. The van der Waals surface area contributed by atoms with Crippen molar-refractivity contribution in [2.24, 2.45) is 17.8 Å². The molecule has 5 heterocycles. The number of allylic oxidation sites excluding steroid dienone is 3. The van der Waals surface area contributed by atoms with Crippen LogP contribution in [0.1, 0.15) is 69.0 Å². The van der Waals surface area contributed by atoms with Gasteiger partial charge in [0, 0.05) is 65.1 Å². The molecule has 12 heteroatoms. The van der Waals surface area contributed by atoms with Crippen LogP contribution in [0.4, 0.5) is 0 Å². The highest BCUT2D eigenvalue weighted by Crippen LogP contribution is 2.39. The fourth-order valence-corrected chi connectivity index (χ4v) is 8.07. The Balaban J connectivity index is 1.49. The van der Waals surface area contributed by atoms with E-state index in [0.29, 0.717) is 24.5 Å². The minimum atomic E-state index is -0.891. The highest BCUT2D eigenvalue weighted by Gasteiger charge is 2.52. The molecule has 2 saturated heterocycles. The van der Waals surface area contributed by atoms with Crippen molar-refractivity contribution in [1.82, 2.24) is 20.9 Å². The van der Waals surface area contributed by atoms with Crippen LogP contribution in [0.5, 0.6) is 0 Å². The monoisotopic (exact) mass is 655 g/mol. The Morgan fingerprint density at radius 3 is 2.36 bits per heavy atom. The van der Waals surface area contributed by atoms with Crippen LogP contribution in [0.25, 0.3) is 12.2 Å². The molecule has 2 unspecified atom stereocenters. The lowest BCUT2D eigenvalue weighted by atomic mass is 9.90. The van der Waals surface area contributed by atoms with Gasteiger partial charge in [-0.3, -0.25) is 14.4 Å². The van der Waals surface area contributed by atoms with Gasteiger partial charge in [-0.15, -0.1) is 0 Å². The molecule has 1 amide bonds. The van der Waals surface area contributed by atoms with Crippen LogP contribution in [-0.2, 0) is 32.6 Å². The number of hydrogen-bond acceptors (Lipinski definition) is 7. The number of aliphatic hydroxyl groups is 1. The van der Waals surface area contributed by atoms with E-state index in [2.05, 4.69) is 33.6 Å². The van der Waals surface area contributed by atoms with Gasteiger partial charge in [-0.2, -0.15) is 12.6 Å². The van der Waals surface area contributed by atoms with Crippen LogP contribution in [0.15, 0.2) is 45.5 Å². The van der Waals surface area contributed by atoms with Gasteiger partial charge < -0.3 is 36.3 Å². The summed E-state index contributed by atoms with van der Waals surface area (Å²) in [4.78, 5) is 39.3. The first kappa shape index (κ1) is 32.9. The second kappa shape index (κ2) is 13.5. The van der Waals surface area contributed by atoms with Gasteiger partial charge in [0.15, 0.2) is 16.9 Å². The van der Waals surface area contributed by atoms with E-state index in [1.54, 1.807) is 11.5 Å². The number of carboxylic acid groups (broad SMARTS) is 2. The molecule has 5 rings (SSSR count). The first-order valence-corrected chi connectivity index (χ1v) is 17.1. The lowest BCUT2D eigenvalue weighted by Crippen LogP contribution is -2.36. The summed E-state index contributed by atoms with van der Waals surface area (Å²) in [6.45, 7) is 8.00. The van der Waals surface area contributed by atoms with E-state index in [1.807, 2.05) is 39.8 Å². The first-order valence-electron chi connectivity index (χ1n) is 15.4. The highest BCUT2D eigenvalue weighted by atomic mass is 32.2. The molecule has 242 valence electrons. The van der Waals surface area contributed by atoms with Crippen LogP contribution >= 0.6 is 12.6 Å². The zero-order valence-electron chi connectivity index (χ0n) is 26.0. The maximum absolute atomic E-state index is 12.6. The number of thiol groups is 2. The second-order valence-electron chi connectivity index (χ2n) is 12.5. The lowest BCUT2D eigenvalue weighted by Gasteiger charge is -2.23. The molecular weight excluding hydrogens is 613 g/mol. The van der Waals surface area contributed by atoms with Gasteiger partial charge in [-0.05, 0) is 90.8 Å².